The average molecular weight is 1280 g/mol. The maximum absolute atomic E-state index is 5.94. The summed E-state index contributed by atoms with van der Waals surface area (Å²) in [6, 6.07) is 11.0. The van der Waals surface area contributed by atoms with E-state index in [2.05, 4.69) is 81.6 Å². The van der Waals surface area contributed by atoms with Crippen LogP contribution in [-0.2, 0) is 10.8 Å². The van der Waals surface area contributed by atoms with Gasteiger partial charge in [0.15, 0.2) is 0 Å². The summed E-state index contributed by atoms with van der Waals surface area (Å²) < 4.78 is 14.8. The van der Waals surface area contributed by atoms with Gasteiger partial charge in [-0.3, -0.25) is 0 Å². The van der Waals surface area contributed by atoms with Gasteiger partial charge in [0.2, 0.25) is 0 Å². The van der Waals surface area contributed by atoms with Crippen molar-refractivity contribution in [2.75, 3.05) is 0 Å². The molecule has 0 fully saturated rings. The van der Waals surface area contributed by atoms with Gasteiger partial charge in [0.25, 0.3) is 0 Å². The Labute approximate surface area is 485 Å². The van der Waals surface area contributed by atoms with Crippen LogP contribution in [0.1, 0.15) is 307 Å². The van der Waals surface area contributed by atoms with E-state index in [0.29, 0.717) is 0 Å². The van der Waals surface area contributed by atoms with E-state index in [9.17, 15) is 0 Å². The number of unbranched alkanes of at least 4 members (excludes halogenated alkanes) is 32. The molecule has 2 aliphatic carbocycles. The molecule has 434 valence electrons. The van der Waals surface area contributed by atoms with Gasteiger partial charge in [-0.05, 0) is 0 Å². The molecule has 0 spiro atoms. The van der Waals surface area contributed by atoms with Crippen molar-refractivity contribution < 1.29 is 9.26 Å². The average Bonchev–Trinajstić information content (AvgIpc) is 4.29. The van der Waals surface area contributed by atoms with E-state index in [1.807, 2.05) is 0 Å². The molecule has 0 N–H and O–H groups in total. The zero-order valence-corrected chi connectivity index (χ0v) is 57.9. The zero-order valence-electron chi connectivity index (χ0n) is 52.2. The molecule has 5 aromatic rings. The van der Waals surface area contributed by atoms with Gasteiger partial charge in [-0.1, -0.05) is 79.1 Å². The molecule has 0 aliphatic heterocycles. The van der Waals surface area contributed by atoms with Crippen molar-refractivity contribution in [2.45, 2.75) is 325 Å². The van der Waals surface area contributed by atoms with Crippen LogP contribution in [0, 0.1) is 0 Å². The van der Waals surface area contributed by atoms with Crippen molar-refractivity contribution in [1.82, 2.24) is 20.6 Å². The van der Waals surface area contributed by atoms with Crippen molar-refractivity contribution in [3.8, 4) is 22.3 Å². The molecule has 7 rings (SSSR count). The summed E-state index contributed by atoms with van der Waals surface area (Å²) in [6.07, 6.45) is 53.2. The van der Waals surface area contributed by atoms with Crippen LogP contribution in [0.5, 0.6) is 0 Å². The first-order valence-electron chi connectivity index (χ1n) is 33.7. The molecule has 3 aromatic carbocycles. The van der Waals surface area contributed by atoms with E-state index in [4.69, 9.17) is 29.9 Å². The molecule has 1 atom stereocenters. The summed E-state index contributed by atoms with van der Waals surface area (Å²) >= 11 is -5.55. The number of fused-ring (bicyclic) bond motifs is 10. The summed E-state index contributed by atoms with van der Waals surface area (Å²) in [7, 11) is 0. The van der Waals surface area contributed by atoms with Crippen LogP contribution in [0.4, 0.5) is 0 Å². The number of hydrogen-bond donors (Lipinski definition) is 0. The summed E-state index contributed by atoms with van der Waals surface area (Å²) in [6.45, 7) is 9.33. The molecule has 0 bridgehead atoms. The first kappa shape index (κ1) is 63.6. The predicted molar refractivity (Wildman–Crippen MR) is 343 cm³/mol. The van der Waals surface area contributed by atoms with Gasteiger partial charge in [-0.15, -0.1) is 0 Å². The van der Waals surface area contributed by atoms with E-state index in [-0.39, 0.29) is 10.8 Å². The van der Waals surface area contributed by atoms with Gasteiger partial charge in [-0.2, -0.15) is 0 Å². The monoisotopic (exact) mass is 1280 g/mol. The molecule has 1 unspecified atom stereocenters. The quantitative estimate of drug-likeness (QED) is 0.0286. The number of benzene rings is 3. The normalized spacial score (nSPS) is 15.7. The van der Waals surface area contributed by atoms with Gasteiger partial charge >= 0.3 is 411 Å². The molecule has 2 aliphatic rings. The molecule has 2 aromatic heterocycles. The van der Waals surface area contributed by atoms with Crippen molar-refractivity contribution in [1.29, 1.82) is 0 Å². The molecule has 0 amide bonds. The number of hydrogen-bond acceptors (Lipinski definition) is 6. The van der Waals surface area contributed by atoms with Crippen LogP contribution in [-0.4, -0.2) is 57.4 Å². The molecule has 0 radical (unpaired) electrons. The predicted octanol–water partition coefficient (Wildman–Crippen LogP) is 22.1. The van der Waals surface area contributed by atoms with Crippen LogP contribution in [0.25, 0.3) is 44.3 Å². The first-order chi connectivity index (χ1) is 37.9. The Balaban J connectivity index is 1.36. The van der Waals surface area contributed by atoms with Crippen LogP contribution in [0.2, 0.25) is 29.6 Å². The van der Waals surface area contributed by atoms with Crippen LogP contribution >= 0.6 is 0 Å². The third kappa shape index (κ3) is 15.8. The van der Waals surface area contributed by atoms with E-state index in [1.54, 1.807) is 22.3 Å². The molecular weight excluding hydrogens is 1170 g/mol. The minimum atomic E-state index is -2.78. The van der Waals surface area contributed by atoms with E-state index in [1.165, 1.54) is 286 Å². The second-order valence-corrected chi connectivity index (χ2v) is 56.3. The van der Waals surface area contributed by atoms with Gasteiger partial charge in [0.05, 0.1) is 0 Å². The Morgan fingerprint density at radius 3 is 0.769 bits per heavy atom. The SMILES string of the molecule is CCCCCCCCCCCCCCC1(CCCCCCCCCC)c2cc3c(cc2-c2c1c[c]([Sn]([CH3])([CH3])[CH3])c1nonc21)C(CCCCCCCCCC)(CCCCCCCCCC)c1c[c]([Sn]([CH3])([CH3])[CH3])c2nonc2c1-3. The summed E-state index contributed by atoms with van der Waals surface area (Å²) in [4.78, 5) is 15.4. The maximum atomic E-state index is 5.94. The molecule has 0 saturated carbocycles. The van der Waals surface area contributed by atoms with E-state index >= 15 is 0 Å². The summed E-state index contributed by atoms with van der Waals surface area (Å²) in [5, 5.41) is 19.7. The molecule has 6 nitrogen and oxygen atoms in total. The van der Waals surface area contributed by atoms with Crippen molar-refractivity contribution in [3.63, 3.8) is 0 Å². The summed E-state index contributed by atoms with van der Waals surface area (Å²) in [5.74, 6) is 0. The number of rotatable bonds is 42. The Bertz CT molecular complexity index is 2540. The molecule has 8 heteroatoms. The Morgan fingerprint density at radius 2 is 0.526 bits per heavy atom. The topological polar surface area (TPSA) is 77.8 Å². The molecule has 0 saturated heterocycles. The third-order valence-electron chi connectivity index (χ3n) is 19.3. The van der Waals surface area contributed by atoms with Crippen molar-refractivity contribution in [3.05, 3.63) is 46.5 Å². The standard InChI is InChI=1S/C64H96N4O2.6CH3.2Sn/c1-5-9-13-17-21-25-26-27-28-32-36-40-48-64(47-39-35-31-24-20-16-12-8-4)54-42-44-58-62(68-70-66-58)60(54)52-49-55-51(50-56(52)64)59-53(41-43-57-61(59)67-69-65-57)63(55,45-37-33-29-22-18-14-10-6-2)46-38-34-30-23-19-15-11-7-3;;;;;;;;/h41-42,49-50H,5-40,45-48H2,1-4H3;6*1H3;;. The Hall–Kier alpha value is -1.94. The fraction of sp³-hybridized carbons (Fsp3) is 0.743. The van der Waals surface area contributed by atoms with E-state index in [0.717, 1.165) is 22.1 Å². The van der Waals surface area contributed by atoms with Gasteiger partial charge < -0.3 is 0 Å². The number of aromatic nitrogens is 4. The van der Waals surface area contributed by atoms with Gasteiger partial charge in [-0.25, -0.2) is 0 Å². The van der Waals surface area contributed by atoms with Gasteiger partial charge in [0.1, 0.15) is 0 Å². The van der Waals surface area contributed by atoms with E-state index < -0.39 is 36.8 Å². The number of nitrogens with zero attached hydrogens (tertiary/aromatic N) is 4. The fourth-order valence-electron chi connectivity index (χ4n) is 14.7. The summed E-state index contributed by atoms with van der Waals surface area (Å²) in [5.41, 5.74) is 15.7. The minimum absolute atomic E-state index is 0.106. The third-order valence-corrected chi connectivity index (χ3v) is 30.7. The van der Waals surface area contributed by atoms with Crippen LogP contribution in [0.3, 0.4) is 0 Å². The Morgan fingerprint density at radius 1 is 0.295 bits per heavy atom. The zero-order chi connectivity index (χ0) is 55.4. The first-order valence-corrected chi connectivity index (χ1v) is 53.7. The van der Waals surface area contributed by atoms with Crippen LogP contribution in [0.15, 0.2) is 33.5 Å². The molecule has 2 heterocycles. The Kier molecular flexibility index (Phi) is 25.8. The van der Waals surface area contributed by atoms with Crippen molar-refractivity contribution >= 4 is 66.0 Å². The molecular formula is C70H114N4O2Sn2. The van der Waals surface area contributed by atoms with Crippen LogP contribution < -0.4 is 7.16 Å². The second kappa shape index (κ2) is 31.6. The fourth-order valence-corrected chi connectivity index (χ4v) is 23.0. The van der Waals surface area contributed by atoms with Crippen molar-refractivity contribution in [2.24, 2.45) is 0 Å². The van der Waals surface area contributed by atoms with Gasteiger partial charge in [0, 0.05) is 0 Å². The molecule has 78 heavy (non-hydrogen) atoms. The second-order valence-electron chi connectivity index (χ2n) is 27.5.